The Balaban J connectivity index is 2.36. The Hall–Kier alpha value is -0.160. The highest BCUT2D eigenvalue weighted by Gasteiger charge is 2.38. The van der Waals surface area contributed by atoms with Crippen LogP contribution in [0.15, 0.2) is 0 Å². The van der Waals surface area contributed by atoms with E-state index < -0.39 is 0 Å². The van der Waals surface area contributed by atoms with E-state index in [1.807, 2.05) is 0 Å². The molecule has 1 rings (SSSR count). The fourth-order valence-corrected chi connectivity index (χ4v) is 2.34. The van der Waals surface area contributed by atoms with E-state index in [4.69, 9.17) is 18.9 Å². The van der Waals surface area contributed by atoms with Crippen LogP contribution >= 0.6 is 0 Å². The highest BCUT2D eigenvalue weighted by Crippen LogP contribution is 2.22. The molecule has 126 valence electrons. The van der Waals surface area contributed by atoms with E-state index in [0.29, 0.717) is 13.2 Å². The predicted molar refractivity (Wildman–Crippen MR) is 84.8 cm³/mol. The zero-order valence-corrected chi connectivity index (χ0v) is 14.1. The van der Waals surface area contributed by atoms with Gasteiger partial charge in [0, 0.05) is 19.8 Å². The topological polar surface area (TPSA) is 36.9 Å². The first-order valence-corrected chi connectivity index (χ1v) is 8.75. The van der Waals surface area contributed by atoms with Crippen LogP contribution in [0, 0.1) is 0 Å². The van der Waals surface area contributed by atoms with Gasteiger partial charge in [-0.3, -0.25) is 0 Å². The summed E-state index contributed by atoms with van der Waals surface area (Å²) < 4.78 is 23.5. The van der Waals surface area contributed by atoms with Crippen LogP contribution in [-0.4, -0.2) is 51.3 Å². The number of hydrogen-bond donors (Lipinski definition) is 0. The molecule has 0 spiro atoms. The number of rotatable bonds is 13. The van der Waals surface area contributed by atoms with Crippen molar-refractivity contribution in [3.8, 4) is 0 Å². The van der Waals surface area contributed by atoms with Crippen LogP contribution in [-0.2, 0) is 18.9 Å². The zero-order chi connectivity index (χ0) is 15.3. The average Bonchev–Trinajstić information content (AvgIpc) is 2.87. The van der Waals surface area contributed by atoms with Gasteiger partial charge in [-0.15, -0.1) is 0 Å². The van der Waals surface area contributed by atoms with E-state index in [-0.39, 0.29) is 18.3 Å². The molecule has 0 aromatic heterocycles. The van der Waals surface area contributed by atoms with Crippen molar-refractivity contribution in [1.29, 1.82) is 0 Å². The summed E-state index contributed by atoms with van der Waals surface area (Å²) in [6, 6.07) is 0. The monoisotopic (exact) mass is 302 g/mol. The molecular formula is C17H34O4. The second kappa shape index (κ2) is 12.4. The molecule has 4 nitrogen and oxygen atoms in total. The summed E-state index contributed by atoms with van der Waals surface area (Å²) in [6.07, 6.45) is 6.84. The average molecular weight is 302 g/mol. The van der Waals surface area contributed by atoms with E-state index in [2.05, 4.69) is 20.8 Å². The molecule has 0 aromatic rings. The summed E-state index contributed by atoms with van der Waals surface area (Å²) in [5.41, 5.74) is 0. The first-order valence-electron chi connectivity index (χ1n) is 8.75. The van der Waals surface area contributed by atoms with E-state index >= 15 is 0 Å². The Morgan fingerprint density at radius 3 is 2.14 bits per heavy atom. The van der Waals surface area contributed by atoms with Gasteiger partial charge in [-0.05, 0) is 19.3 Å². The molecule has 0 aromatic carbocycles. The number of unbranched alkanes of at least 4 members (excludes halogenated alkanes) is 3. The van der Waals surface area contributed by atoms with Crippen molar-refractivity contribution < 1.29 is 18.9 Å². The highest BCUT2D eigenvalue weighted by molar-refractivity contribution is 4.86. The maximum atomic E-state index is 6.03. The highest BCUT2D eigenvalue weighted by atomic mass is 16.6. The quantitative estimate of drug-likeness (QED) is 0.487. The molecule has 0 unspecified atom stereocenters. The normalized spacial score (nSPS) is 25.6. The molecule has 0 amide bonds. The summed E-state index contributed by atoms with van der Waals surface area (Å²) in [7, 11) is 0. The molecule has 4 heteroatoms. The van der Waals surface area contributed by atoms with Crippen molar-refractivity contribution in [2.45, 2.75) is 77.6 Å². The van der Waals surface area contributed by atoms with Gasteiger partial charge >= 0.3 is 0 Å². The van der Waals surface area contributed by atoms with Gasteiger partial charge < -0.3 is 18.9 Å². The van der Waals surface area contributed by atoms with Gasteiger partial charge in [0.25, 0.3) is 0 Å². The number of ether oxygens (including phenoxy) is 4. The van der Waals surface area contributed by atoms with Crippen LogP contribution in [0.1, 0.15) is 59.3 Å². The van der Waals surface area contributed by atoms with Gasteiger partial charge in [-0.25, -0.2) is 0 Å². The van der Waals surface area contributed by atoms with Crippen LogP contribution in [0.5, 0.6) is 0 Å². The number of hydrogen-bond acceptors (Lipinski definition) is 4. The van der Waals surface area contributed by atoms with Crippen LogP contribution in [0.4, 0.5) is 0 Å². The SMILES string of the molecule is CCCCOC[C@H]1OC[C@@H](OCCCC)[C@@H]1OCCCC. The summed E-state index contributed by atoms with van der Waals surface area (Å²) in [5.74, 6) is 0. The Morgan fingerprint density at radius 1 is 0.857 bits per heavy atom. The maximum absolute atomic E-state index is 6.03. The molecule has 1 aliphatic heterocycles. The van der Waals surface area contributed by atoms with Gasteiger partial charge in [0.15, 0.2) is 0 Å². The predicted octanol–water partition coefficient (Wildman–Crippen LogP) is 3.57. The second-order valence-corrected chi connectivity index (χ2v) is 5.75. The standard InChI is InChI=1S/C17H34O4/c1-4-7-10-18-13-15-17(20-12-9-6-3)16(14-21-15)19-11-8-5-2/h15-17H,4-14H2,1-3H3/t15-,16-,17-/m1/s1. The van der Waals surface area contributed by atoms with Gasteiger partial charge in [0.2, 0.25) is 0 Å². The summed E-state index contributed by atoms with van der Waals surface area (Å²) >= 11 is 0. The Kier molecular flexibility index (Phi) is 11.1. The largest absolute Gasteiger partial charge is 0.379 e. The Bertz CT molecular complexity index is 235. The minimum Gasteiger partial charge on any atom is -0.379 e. The van der Waals surface area contributed by atoms with Crippen LogP contribution in [0.25, 0.3) is 0 Å². The zero-order valence-electron chi connectivity index (χ0n) is 14.1. The molecule has 0 N–H and O–H groups in total. The maximum Gasteiger partial charge on any atom is 0.114 e. The molecule has 1 heterocycles. The van der Waals surface area contributed by atoms with Crippen LogP contribution in [0.3, 0.4) is 0 Å². The van der Waals surface area contributed by atoms with Gasteiger partial charge in [0.1, 0.15) is 18.3 Å². The van der Waals surface area contributed by atoms with E-state index in [9.17, 15) is 0 Å². The summed E-state index contributed by atoms with van der Waals surface area (Å²) in [5, 5.41) is 0. The molecule has 0 aliphatic carbocycles. The van der Waals surface area contributed by atoms with E-state index in [1.165, 1.54) is 0 Å². The lowest BCUT2D eigenvalue weighted by molar-refractivity contribution is -0.0795. The van der Waals surface area contributed by atoms with Crippen LogP contribution < -0.4 is 0 Å². The third-order valence-electron chi connectivity index (χ3n) is 3.77. The first-order chi connectivity index (χ1) is 10.3. The minimum absolute atomic E-state index is 0.0188. The minimum atomic E-state index is 0.0188. The molecule has 0 bridgehead atoms. The van der Waals surface area contributed by atoms with Crippen molar-refractivity contribution in [3.63, 3.8) is 0 Å². The van der Waals surface area contributed by atoms with Gasteiger partial charge in [0.05, 0.1) is 13.2 Å². The second-order valence-electron chi connectivity index (χ2n) is 5.75. The molecule has 3 atom stereocenters. The van der Waals surface area contributed by atoms with E-state index in [0.717, 1.165) is 58.3 Å². The lowest BCUT2D eigenvalue weighted by Crippen LogP contribution is -2.38. The third kappa shape index (κ3) is 7.59. The van der Waals surface area contributed by atoms with Crippen molar-refractivity contribution in [1.82, 2.24) is 0 Å². The van der Waals surface area contributed by atoms with Crippen molar-refractivity contribution >= 4 is 0 Å². The molecule has 0 saturated carbocycles. The van der Waals surface area contributed by atoms with Gasteiger partial charge in [-0.2, -0.15) is 0 Å². The molecule has 1 saturated heterocycles. The Labute approximate surface area is 130 Å². The fourth-order valence-electron chi connectivity index (χ4n) is 2.34. The van der Waals surface area contributed by atoms with Gasteiger partial charge in [-0.1, -0.05) is 40.0 Å². The molecule has 1 aliphatic rings. The fraction of sp³-hybridized carbons (Fsp3) is 1.00. The molecule has 21 heavy (non-hydrogen) atoms. The molecule has 1 fully saturated rings. The summed E-state index contributed by atoms with van der Waals surface area (Å²) in [6.45, 7) is 10.1. The molecule has 0 radical (unpaired) electrons. The summed E-state index contributed by atoms with van der Waals surface area (Å²) in [4.78, 5) is 0. The molecular weight excluding hydrogens is 268 g/mol. The van der Waals surface area contributed by atoms with Crippen molar-refractivity contribution in [3.05, 3.63) is 0 Å². The Morgan fingerprint density at radius 2 is 1.48 bits per heavy atom. The smallest absolute Gasteiger partial charge is 0.114 e. The first kappa shape index (κ1) is 18.9. The van der Waals surface area contributed by atoms with E-state index in [1.54, 1.807) is 0 Å². The van der Waals surface area contributed by atoms with Crippen molar-refractivity contribution in [2.75, 3.05) is 33.0 Å². The van der Waals surface area contributed by atoms with Crippen molar-refractivity contribution in [2.24, 2.45) is 0 Å². The van der Waals surface area contributed by atoms with Crippen LogP contribution in [0.2, 0.25) is 0 Å². The lowest BCUT2D eigenvalue weighted by Gasteiger charge is -2.23. The third-order valence-corrected chi connectivity index (χ3v) is 3.77. The lowest BCUT2D eigenvalue weighted by atomic mass is 10.1.